The second-order valence-corrected chi connectivity index (χ2v) is 7.95. The number of nitrogens with zero attached hydrogens (tertiary/aromatic N) is 1. The first-order valence-corrected chi connectivity index (χ1v) is 10.0. The lowest BCUT2D eigenvalue weighted by Crippen LogP contribution is -2.33. The number of nitriles is 1. The SMILES string of the molecule is CC(C)(C)OC(=O)NCCCC(=O)C/C(=C(\C#N)c1ccccc1)c1ccccc1. The molecule has 0 aliphatic rings. The van der Waals surface area contributed by atoms with Crippen molar-refractivity contribution >= 4 is 23.0 Å². The van der Waals surface area contributed by atoms with Crippen molar-refractivity contribution < 1.29 is 14.3 Å². The number of alkyl carbamates (subject to hydrolysis) is 1. The first kappa shape index (κ1) is 22.9. The number of hydrogen-bond acceptors (Lipinski definition) is 4. The van der Waals surface area contributed by atoms with Gasteiger partial charge in [-0.25, -0.2) is 4.79 Å². The molecule has 0 fully saturated rings. The normalized spacial score (nSPS) is 11.8. The van der Waals surface area contributed by atoms with E-state index in [4.69, 9.17) is 4.74 Å². The Balaban J connectivity index is 2.07. The van der Waals surface area contributed by atoms with Gasteiger partial charge in [0.25, 0.3) is 0 Å². The van der Waals surface area contributed by atoms with E-state index in [1.54, 1.807) is 20.8 Å². The number of amides is 1. The fourth-order valence-electron chi connectivity index (χ4n) is 2.96. The molecule has 1 amide bonds. The summed E-state index contributed by atoms with van der Waals surface area (Å²) in [6, 6.07) is 21.2. The fraction of sp³-hybridized carbons (Fsp3) is 0.320. The highest BCUT2D eigenvalue weighted by Gasteiger charge is 2.17. The smallest absolute Gasteiger partial charge is 0.407 e. The minimum atomic E-state index is -0.555. The number of Topliss-reactive ketones (excluding diaryl/α,β-unsaturated/α-hetero) is 1. The molecular formula is C25H28N2O3. The van der Waals surface area contributed by atoms with Crippen LogP contribution in [0.15, 0.2) is 60.7 Å². The Hall–Kier alpha value is -3.39. The van der Waals surface area contributed by atoms with Gasteiger partial charge in [-0.3, -0.25) is 4.79 Å². The Morgan fingerprint density at radius 3 is 2.07 bits per heavy atom. The van der Waals surface area contributed by atoms with Crippen LogP contribution in [0.25, 0.3) is 11.1 Å². The summed E-state index contributed by atoms with van der Waals surface area (Å²) in [6.45, 7) is 5.75. The van der Waals surface area contributed by atoms with E-state index >= 15 is 0 Å². The number of carbonyl (C=O) groups is 2. The van der Waals surface area contributed by atoms with E-state index in [1.807, 2.05) is 60.7 Å². The molecule has 0 heterocycles. The molecule has 30 heavy (non-hydrogen) atoms. The van der Waals surface area contributed by atoms with Crippen LogP contribution in [0.2, 0.25) is 0 Å². The minimum absolute atomic E-state index is 0.0172. The highest BCUT2D eigenvalue weighted by Crippen LogP contribution is 2.29. The third-order valence-corrected chi connectivity index (χ3v) is 4.27. The Morgan fingerprint density at radius 1 is 0.967 bits per heavy atom. The van der Waals surface area contributed by atoms with Crippen LogP contribution in [0, 0.1) is 11.3 Å². The predicted octanol–water partition coefficient (Wildman–Crippen LogP) is 5.39. The molecule has 0 unspecified atom stereocenters. The van der Waals surface area contributed by atoms with Gasteiger partial charge in [-0.15, -0.1) is 0 Å². The van der Waals surface area contributed by atoms with Crippen molar-refractivity contribution in [3.05, 3.63) is 71.8 Å². The van der Waals surface area contributed by atoms with Gasteiger partial charge < -0.3 is 10.1 Å². The summed E-state index contributed by atoms with van der Waals surface area (Å²) in [4.78, 5) is 24.4. The summed E-state index contributed by atoms with van der Waals surface area (Å²) in [7, 11) is 0. The van der Waals surface area contributed by atoms with Gasteiger partial charge >= 0.3 is 6.09 Å². The number of benzene rings is 2. The first-order chi connectivity index (χ1) is 14.3. The molecule has 0 spiro atoms. The van der Waals surface area contributed by atoms with Gasteiger partial charge in [-0.1, -0.05) is 60.7 Å². The van der Waals surface area contributed by atoms with E-state index in [0.29, 0.717) is 25.0 Å². The molecule has 0 saturated carbocycles. The van der Waals surface area contributed by atoms with E-state index in [-0.39, 0.29) is 12.2 Å². The molecule has 0 atom stereocenters. The number of hydrogen-bond donors (Lipinski definition) is 1. The summed E-state index contributed by atoms with van der Waals surface area (Å²) in [5.41, 5.74) is 2.31. The van der Waals surface area contributed by atoms with Gasteiger partial charge in [0.15, 0.2) is 0 Å². The Morgan fingerprint density at radius 2 is 1.53 bits per heavy atom. The Labute approximate surface area is 178 Å². The van der Waals surface area contributed by atoms with Gasteiger partial charge in [0.1, 0.15) is 17.5 Å². The number of nitrogens with one attached hydrogen (secondary N) is 1. The van der Waals surface area contributed by atoms with Crippen LogP contribution in [-0.4, -0.2) is 24.0 Å². The first-order valence-electron chi connectivity index (χ1n) is 10.0. The summed E-state index contributed by atoms with van der Waals surface area (Å²) in [5, 5.41) is 12.5. The second kappa shape index (κ2) is 11.0. The van der Waals surface area contributed by atoms with Crippen molar-refractivity contribution in [1.29, 1.82) is 5.26 Å². The van der Waals surface area contributed by atoms with Crippen LogP contribution in [0.4, 0.5) is 4.79 Å². The molecule has 2 rings (SSSR count). The van der Waals surface area contributed by atoms with E-state index in [1.165, 1.54) is 0 Å². The summed E-state index contributed by atoms with van der Waals surface area (Å²) in [5.74, 6) is 0.0172. The highest BCUT2D eigenvalue weighted by molar-refractivity contribution is 6.03. The zero-order valence-electron chi connectivity index (χ0n) is 17.8. The van der Waals surface area contributed by atoms with Crippen LogP contribution in [0.3, 0.4) is 0 Å². The lowest BCUT2D eigenvalue weighted by atomic mass is 9.91. The lowest BCUT2D eigenvalue weighted by molar-refractivity contribution is -0.118. The predicted molar refractivity (Wildman–Crippen MR) is 118 cm³/mol. The topological polar surface area (TPSA) is 79.2 Å². The maximum atomic E-state index is 12.7. The third-order valence-electron chi connectivity index (χ3n) is 4.27. The van der Waals surface area contributed by atoms with Gasteiger partial charge in [0.05, 0.1) is 5.57 Å². The summed E-state index contributed by atoms with van der Waals surface area (Å²) >= 11 is 0. The molecule has 0 saturated heterocycles. The van der Waals surface area contributed by atoms with Crippen LogP contribution < -0.4 is 5.32 Å². The van der Waals surface area contributed by atoms with Crippen molar-refractivity contribution in [2.24, 2.45) is 0 Å². The Bertz CT molecular complexity index is 920. The fourth-order valence-corrected chi connectivity index (χ4v) is 2.96. The van der Waals surface area contributed by atoms with E-state index in [9.17, 15) is 14.9 Å². The molecule has 2 aromatic rings. The molecule has 2 aromatic carbocycles. The standard InChI is InChI=1S/C25H28N2O3/c1-25(2,3)30-24(29)27-16-10-15-21(28)17-22(19-11-6-4-7-12-19)23(18-26)20-13-8-5-9-14-20/h4-9,11-14H,10,15-17H2,1-3H3,(H,27,29)/b23-22-. The van der Waals surface area contributed by atoms with Crippen molar-refractivity contribution in [1.82, 2.24) is 5.32 Å². The highest BCUT2D eigenvalue weighted by atomic mass is 16.6. The van der Waals surface area contributed by atoms with E-state index in [0.717, 1.165) is 16.7 Å². The molecule has 0 aromatic heterocycles. The number of rotatable bonds is 8. The number of allylic oxidation sites excluding steroid dienone is 2. The van der Waals surface area contributed by atoms with Gasteiger partial charge in [0.2, 0.25) is 0 Å². The second-order valence-electron chi connectivity index (χ2n) is 7.95. The van der Waals surface area contributed by atoms with Gasteiger partial charge in [0, 0.05) is 19.4 Å². The monoisotopic (exact) mass is 404 g/mol. The lowest BCUT2D eigenvalue weighted by Gasteiger charge is -2.19. The van der Waals surface area contributed by atoms with Gasteiger partial charge in [-0.2, -0.15) is 5.26 Å². The molecule has 0 bridgehead atoms. The summed E-state index contributed by atoms with van der Waals surface area (Å²) in [6.07, 6.45) is 0.483. The maximum absolute atomic E-state index is 12.7. The van der Waals surface area contributed by atoms with Crippen LogP contribution in [0.1, 0.15) is 51.2 Å². The average molecular weight is 405 g/mol. The largest absolute Gasteiger partial charge is 0.444 e. The molecule has 156 valence electrons. The maximum Gasteiger partial charge on any atom is 0.407 e. The third kappa shape index (κ3) is 7.56. The number of ether oxygens (including phenoxy) is 1. The van der Waals surface area contributed by atoms with E-state index < -0.39 is 11.7 Å². The minimum Gasteiger partial charge on any atom is -0.444 e. The van der Waals surface area contributed by atoms with Crippen LogP contribution in [-0.2, 0) is 9.53 Å². The average Bonchev–Trinajstić information content (AvgIpc) is 2.71. The van der Waals surface area contributed by atoms with Crippen molar-refractivity contribution in [2.75, 3.05) is 6.54 Å². The Kier molecular flexibility index (Phi) is 8.37. The quantitative estimate of drug-likeness (QED) is 0.364. The van der Waals surface area contributed by atoms with Crippen molar-refractivity contribution in [3.63, 3.8) is 0 Å². The van der Waals surface area contributed by atoms with Crippen molar-refractivity contribution in [3.8, 4) is 6.07 Å². The van der Waals surface area contributed by atoms with Crippen LogP contribution in [0.5, 0.6) is 0 Å². The number of ketones is 1. The molecular weight excluding hydrogens is 376 g/mol. The zero-order valence-corrected chi connectivity index (χ0v) is 17.8. The van der Waals surface area contributed by atoms with Gasteiger partial charge in [-0.05, 0) is 43.9 Å². The molecule has 0 aliphatic heterocycles. The van der Waals surface area contributed by atoms with Crippen LogP contribution >= 0.6 is 0 Å². The molecule has 1 N–H and O–H groups in total. The number of carbonyl (C=O) groups excluding carboxylic acids is 2. The molecule has 0 aliphatic carbocycles. The molecule has 5 heteroatoms. The zero-order chi connectivity index (χ0) is 22.0. The molecule has 0 radical (unpaired) electrons. The molecule has 5 nitrogen and oxygen atoms in total. The summed E-state index contributed by atoms with van der Waals surface area (Å²) < 4.78 is 5.18. The van der Waals surface area contributed by atoms with E-state index in [2.05, 4.69) is 11.4 Å². The van der Waals surface area contributed by atoms with Crippen molar-refractivity contribution in [2.45, 2.75) is 45.6 Å².